The van der Waals surface area contributed by atoms with Crippen molar-refractivity contribution in [1.82, 2.24) is 10.6 Å². The molecular weight excluding hydrogens is 328 g/mol. The first-order valence-corrected chi connectivity index (χ1v) is 10.0. The smallest absolute Gasteiger partial charge is 0.204 e. The molecule has 6 nitrogen and oxygen atoms in total. The molecule has 0 aliphatic rings. The third-order valence-electron chi connectivity index (χ3n) is 3.74. The van der Waals surface area contributed by atoms with Crippen LogP contribution in [0.15, 0.2) is 29.2 Å². The van der Waals surface area contributed by atoms with Gasteiger partial charge < -0.3 is 20.8 Å². The summed E-state index contributed by atoms with van der Waals surface area (Å²) in [5.74, 6) is 0. The summed E-state index contributed by atoms with van der Waals surface area (Å²) >= 11 is 0. The van der Waals surface area contributed by atoms with Crippen LogP contribution in [0.4, 0.5) is 0 Å². The minimum absolute atomic E-state index is 0.162. The highest BCUT2D eigenvalue weighted by atomic mass is 32.2. The lowest BCUT2D eigenvalue weighted by atomic mass is 10.2. The second-order valence-electron chi connectivity index (χ2n) is 5.89. The van der Waals surface area contributed by atoms with Crippen LogP contribution in [-0.4, -0.2) is 56.9 Å². The minimum atomic E-state index is -3.68. The van der Waals surface area contributed by atoms with Gasteiger partial charge in [-0.2, -0.15) is 0 Å². The van der Waals surface area contributed by atoms with Crippen molar-refractivity contribution in [3.8, 4) is 0 Å². The van der Waals surface area contributed by atoms with Crippen molar-refractivity contribution in [2.75, 3.05) is 32.8 Å². The van der Waals surface area contributed by atoms with E-state index in [9.17, 15) is 13.5 Å². The zero-order valence-corrected chi connectivity index (χ0v) is 15.2. The topological polar surface area (TPSA) is 98.7 Å². The summed E-state index contributed by atoms with van der Waals surface area (Å²) in [7, 11) is -3.68. The Balaban J connectivity index is 2.17. The molecule has 4 N–H and O–H groups in total. The number of hydrogen-bond acceptors (Lipinski definition) is 6. The third-order valence-corrected chi connectivity index (χ3v) is 5.63. The van der Waals surface area contributed by atoms with E-state index in [-0.39, 0.29) is 17.9 Å². The second-order valence-corrected chi connectivity index (χ2v) is 7.99. The van der Waals surface area contributed by atoms with Gasteiger partial charge in [-0.25, -0.2) is 8.42 Å². The summed E-state index contributed by atoms with van der Waals surface area (Å²) in [6, 6.07) is 6.52. The van der Waals surface area contributed by atoms with Crippen molar-refractivity contribution in [2.45, 2.75) is 42.9 Å². The zero-order valence-electron chi connectivity index (χ0n) is 14.4. The molecule has 0 saturated heterocycles. The van der Waals surface area contributed by atoms with E-state index >= 15 is 0 Å². The third kappa shape index (κ3) is 7.72. The van der Waals surface area contributed by atoms with Gasteiger partial charge in [-0.05, 0) is 64.5 Å². The summed E-state index contributed by atoms with van der Waals surface area (Å²) in [5.41, 5.74) is -0.399. The molecule has 0 fully saturated rings. The maximum Gasteiger partial charge on any atom is 0.204 e. The highest BCUT2D eigenvalue weighted by molar-refractivity contribution is 7.91. The van der Waals surface area contributed by atoms with Crippen molar-refractivity contribution in [2.24, 2.45) is 0 Å². The average molecular weight is 359 g/mol. The van der Waals surface area contributed by atoms with Gasteiger partial charge in [0.25, 0.3) is 0 Å². The maximum atomic E-state index is 12.2. The number of aliphatic hydroxyl groups excluding tert-OH is 2. The Morgan fingerprint density at radius 1 is 0.958 bits per heavy atom. The fourth-order valence-electron chi connectivity index (χ4n) is 2.22. The Morgan fingerprint density at radius 2 is 1.50 bits per heavy atom. The largest absolute Gasteiger partial charge is 0.396 e. The van der Waals surface area contributed by atoms with Crippen LogP contribution in [-0.2, 0) is 9.84 Å². The molecule has 1 rings (SSSR count). The number of unbranched alkanes of at least 4 members (excludes halogenated alkanes) is 1. The standard InChI is InChI=1S/C17H30N2O4S/c1-15-5-7-16(8-6-15)24(22,23)17(21)9-13-19-11-3-2-10-18-12-4-14-20/h5-8,17-21H,2-4,9-14H2,1H3. The molecule has 0 radical (unpaired) electrons. The summed E-state index contributed by atoms with van der Waals surface area (Å²) < 4.78 is 24.5. The molecule has 138 valence electrons. The Hall–Kier alpha value is -0.990. The first-order valence-electron chi connectivity index (χ1n) is 8.49. The van der Waals surface area contributed by atoms with Crippen LogP contribution in [0.5, 0.6) is 0 Å². The summed E-state index contributed by atoms with van der Waals surface area (Å²) in [6.45, 7) is 5.09. The molecule has 0 aliphatic heterocycles. The lowest BCUT2D eigenvalue weighted by molar-refractivity contribution is 0.237. The molecule has 0 amide bonds. The van der Waals surface area contributed by atoms with Gasteiger partial charge in [0.15, 0.2) is 5.44 Å². The van der Waals surface area contributed by atoms with Gasteiger partial charge in [0, 0.05) is 13.0 Å². The van der Waals surface area contributed by atoms with Crippen LogP contribution in [0, 0.1) is 6.92 Å². The molecule has 7 heteroatoms. The van der Waals surface area contributed by atoms with E-state index in [2.05, 4.69) is 10.6 Å². The van der Waals surface area contributed by atoms with E-state index < -0.39 is 15.3 Å². The van der Waals surface area contributed by atoms with E-state index in [4.69, 9.17) is 5.11 Å². The fraction of sp³-hybridized carbons (Fsp3) is 0.647. The first kappa shape index (κ1) is 21.1. The van der Waals surface area contributed by atoms with Gasteiger partial charge in [-0.1, -0.05) is 17.7 Å². The van der Waals surface area contributed by atoms with Crippen molar-refractivity contribution >= 4 is 9.84 Å². The molecule has 0 bridgehead atoms. The Kier molecular flexibility index (Phi) is 10.1. The van der Waals surface area contributed by atoms with E-state index in [0.717, 1.165) is 44.5 Å². The van der Waals surface area contributed by atoms with E-state index in [1.165, 1.54) is 12.1 Å². The number of aryl methyl sites for hydroxylation is 1. The molecule has 1 unspecified atom stereocenters. The normalized spacial score (nSPS) is 13.1. The molecule has 0 spiro atoms. The Morgan fingerprint density at radius 3 is 2.08 bits per heavy atom. The summed E-state index contributed by atoms with van der Waals surface area (Å²) in [5, 5.41) is 25.0. The molecule has 1 aromatic rings. The quantitative estimate of drug-likeness (QED) is 0.390. The predicted octanol–water partition coefficient (Wildman–Crippen LogP) is 0.819. The molecule has 1 atom stereocenters. The van der Waals surface area contributed by atoms with Crippen LogP contribution in [0.1, 0.15) is 31.2 Å². The van der Waals surface area contributed by atoms with Gasteiger partial charge in [0.1, 0.15) is 0 Å². The lowest BCUT2D eigenvalue weighted by Gasteiger charge is -2.13. The average Bonchev–Trinajstić information content (AvgIpc) is 2.56. The summed E-state index contributed by atoms with van der Waals surface area (Å²) in [6.07, 6.45) is 2.94. The predicted molar refractivity (Wildman–Crippen MR) is 95.7 cm³/mol. The van der Waals surface area contributed by atoms with Crippen LogP contribution in [0.3, 0.4) is 0 Å². The number of benzene rings is 1. The maximum absolute atomic E-state index is 12.2. The van der Waals surface area contributed by atoms with Gasteiger partial charge in [-0.3, -0.25) is 0 Å². The molecule has 1 aromatic carbocycles. The van der Waals surface area contributed by atoms with Crippen LogP contribution >= 0.6 is 0 Å². The second kappa shape index (κ2) is 11.5. The van der Waals surface area contributed by atoms with E-state index in [1.54, 1.807) is 12.1 Å². The minimum Gasteiger partial charge on any atom is -0.396 e. The highest BCUT2D eigenvalue weighted by Crippen LogP contribution is 2.17. The molecule has 0 heterocycles. The van der Waals surface area contributed by atoms with Crippen molar-refractivity contribution in [3.05, 3.63) is 29.8 Å². The Labute approximate surface area is 145 Å². The van der Waals surface area contributed by atoms with Gasteiger partial charge in [0.2, 0.25) is 9.84 Å². The number of sulfone groups is 1. The summed E-state index contributed by atoms with van der Waals surface area (Å²) in [4.78, 5) is 0.162. The molecule has 24 heavy (non-hydrogen) atoms. The van der Waals surface area contributed by atoms with E-state index in [0.29, 0.717) is 6.54 Å². The lowest BCUT2D eigenvalue weighted by Crippen LogP contribution is -2.27. The SMILES string of the molecule is Cc1ccc(S(=O)(=O)C(O)CCNCCCCNCCCO)cc1. The number of aliphatic hydroxyl groups is 2. The van der Waals surface area contributed by atoms with Crippen molar-refractivity contribution in [1.29, 1.82) is 0 Å². The number of nitrogens with one attached hydrogen (secondary N) is 2. The molecule has 0 aromatic heterocycles. The van der Waals surface area contributed by atoms with Gasteiger partial charge in [0.05, 0.1) is 4.90 Å². The monoisotopic (exact) mass is 358 g/mol. The van der Waals surface area contributed by atoms with Crippen LogP contribution in [0.2, 0.25) is 0 Å². The van der Waals surface area contributed by atoms with Crippen molar-refractivity contribution < 1.29 is 18.6 Å². The molecule has 0 saturated carbocycles. The zero-order chi connectivity index (χ0) is 17.8. The number of hydrogen-bond donors (Lipinski definition) is 4. The van der Waals surface area contributed by atoms with Crippen LogP contribution in [0.25, 0.3) is 0 Å². The first-order chi connectivity index (χ1) is 11.5. The highest BCUT2D eigenvalue weighted by Gasteiger charge is 2.24. The van der Waals surface area contributed by atoms with Gasteiger partial charge in [-0.15, -0.1) is 0 Å². The van der Waals surface area contributed by atoms with Crippen molar-refractivity contribution in [3.63, 3.8) is 0 Å². The van der Waals surface area contributed by atoms with Crippen LogP contribution < -0.4 is 10.6 Å². The molecule has 0 aliphatic carbocycles. The van der Waals surface area contributed by atoms with E-state index in [1.807, 2.05) is 6.92 Å². The number of rotatable bonds is 13. The Bertz CT molecular complexity index is 546. The van der Waals surface area contributed by atoms with Gasteiger partial charge >= 0.3 is 0 Å². The molecular formula is C17H30N2O4S. The fourth-order valence-corrected chi connectivity index (χ4v) is 3.48.